The molecule has 1 aromatic rings. The zero-order chi connectivity index (χ0) is 15.2. The van der Waals surface area contributed by atoms with Crippen molar-refractivity contribution in [1.29, 1.82) is 0 Å². The van der Waals surface area contributed by atoms with Crippen molar-refractivity contribution in [3.8, 4) is 0 Å². The number of benzene rings is 1. The first-order chi connectivity index (χ1) is 9.35. The third-order valence-corrected chi connectivity index (χ3v) is 4.36. The van der Waals surface area contributed by atoms with Crippen LogP contribution in [0.15, 0.2) is 18.2 Å². The highest BCUT2D eigenvalue weighted by Crippen LogP contribution is 2.17. The summed E-state index contributed by atoms with van der Waals surface area (Å²) in [5, 5.41) is 20.4. The monoisotopic (exact) mass is 302 g/mol. The van der Waals surface area contributed by atoms with Crippen molar-refractivity contribution in [2.45, 2.75) is 6.42 Å². The molecule has 0 fully saturated rings. The van der Waals surface area contributed by atoms with E-state index in [1.165, 1.54) is 12.1 Å². The number of aliphatic hydroxyl groups is 1. The van der Waals surface area contributed by atoms with Crippen LogP contribution < -0.4 is 11.1 Å². The number of nitrogens with one attached hydrogen (secondary N) is 1. The molecule has 0 unspecified atom stereocenters. The second-order valence-corrected chi connectivity index (χ2v) is 6.57. The molecule has 0 saturated carbocycles. The smallest absolute Gasteiger partial charge is 0.337 e. The maximum Gasteiger partial charge on any atom is 0.337 e. The van der Waals surface area contributed by atoms with Crippen LogP contribution in [0, 0.1) is 0 Å². The molecule has 0 aliphatic carbocycles. The molecule has 7 nitrogen and oxygen atoms in total. The topological polar surface area (TPSA) is 130 Å². The van der Waals surface area contributed by atoms with Gasteiger partial charge in [0.1, 0.15) is 0 Å². The van der Waals surface area contributed by atoms with Crippen LogP contribution in [0.4, 0.5) is 11.4 Å². The predicted molar refractivity (Wildman–Crippen MR) is 76.7 cm³/mol. The van der Waals surface area contributed by atoms with Gasteiger partial charge in [0.15, 0.2) is 9.84 Å². The SMILES string of the molecule is Nc1ccc(NCCCS(=O)(=O)CCO)cc1C(=O)O. The summed E-state index contributed by atoms with van der Waals surface area (Å²) in [5.74, 6) is -1.38. The van der Waals surface area contributed by atoms with Gasteiger partial charge in [0.05, 0.1) is 23.7 Å². The van der Waals surface area contributed by atoms with Crippen LogP contribution in [-0.2, 0) is 9.84 Å². The molecule has 1 rings (SSSR count). The summed E-state index contributed by atoms with van der Waals surface area (Å²) >= 11 is 0. The molecule has 0 spiro atoms. The number of sulfone groups is 1. The van der Waals surface area contributed by atoms with Crippen LogP contribution in [0.2, 0.25) is 0 Å². The third-order valence-electron chi connectivity index (χ3n) is 2.65. The summed E-state index contributed by atoms with van der Waals surface area (Å²) in [4.78, 5) is 10.9. The van der Waals surface area contributed by atoms with Crippen molar-refractivity contribution in [1.82, 2.24) is 0 Å². The molecule has 0 aromatic heterocycles. The van der Waals surface area contributed by atoms with Gasteiger partial charge in [-0.3, -0.25) is 0 Å². The van der Waals surface area contributed by atoms with Gasteiger partial charge in [0.2, 0.25) is 0 Å². The van der Waals surface area contributed by atoms with Gasteiger partial charge in [-0.15, -0.1) is 0 Å². The molecule has 0 amide bonds. The Balaban J connectivity index is 2.51. The predicted octanol–water partition coefficient (Wildman–Crippen LogP) is 0.176. The Labute approximate surface area is 117 Å². The number of aromatic carboxylic acids is 1. The van der Waals surface area contributed by atoms with Crippen LogP contribution in [0.3, 0.4) is 0 Å². The molecule has 5 N–H and O–H groups in total. The lowest BCUT2D eigenvalue weighted by Gasteiger charge is -2.08. The Morgan fingerprint density at radius 1 is 1.30 bits per heavy atom. The molecule has 0 bridgehead atoms. The molecular formula is C12H18N2O5S. The molecule has 8 heteroatoms. The molecule has 1 aromatic carbocycles. The zero-order valence-electron chi connectivity index (χ0n) is 10.9. The van der Waals surface area contributed by atoms with E-state index < -0.39 is 15.8 Å². The summed E-state index contributed by atoms with van der Waals surface area (Å²) in [6.45, 7) is 0.00330. The van der Waals surface area contributed by atoms with Crippen LogP contribution >= 0.6 is 0 Å². The van der Waals surface area contributed by atoms with Crippen LogP contribution in [0.1, 0.15) is 16.8 Å². The van der Waals surface area contributed by atoms with E-state index in [-0.39, 0.29) is 29.4 Å². The van der Waals surface area contributed by atoms with Crippen molar-refractivity contribution in [2.75, 3.05) is 35.7 Å². The Hall–Kier alpha value is -1.80. The molecule has 20 heavy (non-hydrogen) atoms. The second kappa shape index (κ2) is 7.11. The number of carboxylic acid groups (broad SMARTS) is 1. The van der Waals surface area contributed by atoms with Gasteiger partial charge in [-0.25, -0.2) is 13.2 Å². The van der Waals surface area contributed by atoms with E-state index in [0.717, 1.165) is 0 Å². The highest BCUT2D eigenvalue weighted by atomic mass is 32.2. The zero-order valence-corrected chi connectivity index (χ0v) is 11.7. The van der Waals surface area contributed by atoms with Crippen LogP contribution in [0.25, 0.3) is 0 Å². The number of rotatable bonds is 8. The van der Waals surface area contributed by atoms with E-state index in [2.05, 4.69) is 5.32 Å². The fourth-order valence-corrected chi connectivity index (χ4v) is 2.68. The highest BCUT2D eigenvalue weighted by Gasteiger charge is 2.10. The maximum atomic E-state index is 11.3. The summed E-state index contributed by atoms with van der Waals surface area (Å²) < 4.78 is 22.7. The lowest BCUT2D eigenvalue weighted by atomic mass is 10.1. The molecule has 0 radical (unpaired) electrons. The van der Waals surface area contributed by atoms with Gasteiger partial charge in [-0.05, 0) is 24.6 Å². The minimum atomic E-state index is -3.22. The van der Waals surface area contributed by atoms with E-state index in [0.29, 0.717) is 18.7 Å². The van der Waals surface area contributed by atoms with Gasteiger partial charge >= 0.3 is 5.97 Å². The standard InChI is InChI=1S/C12H18N2O5S/c13-11-3-2-9(8-10(11)12(16)17)14-4-1-6-20(18,19)7-5-15/h2-3,8,14-15H,1,4-7,13H2,(H,16,17). The van der Waals surface area contributed by atoms with E-state index in [1.807, 2.05) is 0 Å². The number of carboxylic acids is 1. The summed E-state index contributed by atoms with van der Waals surface area (Å²) in [6, 6.07) is 4.51. The fourth-order valence-electron chi connectivity index (χ4n) is 1.62. The maximum absolute atomic E-state index is 11.3. The quantitative estimate of drug-likeness (QED) is 0.398. The van der Waals surface area contributed by atoms with Crippen LogP contribution in [0.5, 0.6) is 0 Å². The number of anilines is 2. The molecule has 0 atom stereocenters. The summed E-state index contributed by atoms with van der Waals surface area (Å²) in [6.07, 6.45) is 0.370. The molecular weight excluding hydrogens is 284 g/mol. The average Bonchev–Trinajstić information content (AvgIpc) is 2.36. The van der Waals surface area contributed by atoms with E-state index in [1.54, 1.807) is 6.07 Å². The summed E-state index contributed by atoms with van der Waals surface area (Å²) in [7, 11) is -3.22. The first-order valence-corrected chi connectivity index (χ1v) is 7.86. The van der Waals surface area contributed by atoms with Crippen molar-refractivity contribution in [3.05, 3.63) is 23.8 Å². The average molecular weight is 302 g/mol. The highest BCUT2D eigenvalue weighted by molar-refractivity contribution is 7.91. The van der Waals surface area contributed by atoms with Gasteiger partial charge < -0.3 is 21.3 Å². The first-order valence-electron chi connectivity index (χ1n) is 6.03. The van der Waals surface area contributed by atoms with E-state index in [4.69, 9.17) is 15.9 Å². The van der Waals surface area contributed by atoms with Crippen molar-refractivity contribution >= 4 is 27.2 Å². The molecule has 112 valence electrons. The first kappa shape index (κ1) is 16.3. The van der Waals surface area contributed by atoms with Gasteiger partial charge in [0, 0.05) is 17.9 Å². The Kier molecular flexibility index (Phi) is 5.78. The minimum absolute atomic E-state index is 0.00269. The molecule has 0 saturated heterocycles. The molecule has 0 heterocycles. The normalized spacial score (nSPS) is 11.2. The van der Waals surface area contributed by atoms with Gasteiger partial charge in [-0.2, -0.15) is 0 Å². The summed E-state index contributed by atoms with van der Waals surface area (Å²) in [5.41, 5.74) is 6.27. The number of nitrogen functional groups attached to an aromatic ring is 1. The molecule has 0 aliphatic heterocycles. The van der Waals surface area contributed by atoms with Crippen molar-refractivity contribution in [3.63, 3.8) is 0 Å². The number of aliphatic hydroxyl groups excluding tert-OH is 1. The van der Waals surface area contributed by atoms with E-state index in [9.17, 15) is 13.2 Å². The second-order valence-electron chi connectivity index (χ2n) is 4.26. The largest absolute Gasteiger partial charge is 0.478 e. The minimum Gasteiger partial charge on any atom is -0.478 e. The molecule has 0 aliphatic rings. The third kappa shape index (κ3) is 5.06. The lowest BCUT2D eigenvalue weighted by Crippen LogP contribution is -2.16. The van der Waals surface area contributed by atoms with Crippen LogP contribution in [-0.4, -0.2) is 49.3 Å². The number of hydrogen-bond acceptors (Lipinski definition) is 6. The van der Waals surface area contributed by atoms with Gasteiger partial charge in [0.25, 0.3) is 0 Å². The van der Waals surface area contributed by atoms with Crippen molar-refractivity contribution < 1.29 is 23.4 Å². The Morgan fingerprint density at radius 3 is 2.60 bits per heavy atom. The number of hydrogen-bond donors (Lipinski definition) is 4. The number of nitrogens with two attached hydrogens (primary N) is 1. The Morgan fingerprint density at radius 2 is 2.00 bits per heavy atom. The number of carbonyl (C=O) groups is 1. The van der Waals surface area contributed by atoms with Gasteiger partial charge in [-0.1, -0.05) is 0 Å². The lowest BCUT2D eigenvalue weighted by molar-refractivity contribution is 0.0698. The van der Waals surface area contributed by atoms with E-state index >= 15 is 0 Å². The fraction of sp³-hybridized carbons (Fsp3) is 0.417. The Bertz CT molecular complexity index is 571. The van der Waals surface area contributed by atoms with Crippen molar-refractivity contribution in [2.24, 2.45) is 0 Å².